The molecule has 0 radical (unpaired) electrons. The van der Waals surface area contributed by atoms with Crippen LogP contribution in [0.1, 0.15) is 28.1 Å². The molecule has 32 heavy (non-hydrogen) atoms. The predicted octanol–water partition coefficient (Wildman–Crippen LogP) is 3.36. The Morgan fingerprint density at radius 3 is 2.47 bits per heavy atom. The maximum atomic E-state index is 13.5. The Bertz CT molecular complexity index is 1370. The molecule has 0 amide bonds. The van der Waals surface area contributed by atoms with Gasteiger partial charge in [0.25, 0.3) is 10.0 Å². The number of rotatable bonds is 4. The largest absolute Gasteiger partial charge is 0.382 e. The summed E-state index contributed by atoms with van der Waals surface area (Å²) < 4.78 is 28.1. The van der Waals surface area contributed by atoms with E-state index >= 15 is 0 Å². The van der Waals surface area contributed by atoms with Crippen LogP contribution >= 0.6 is 0 Å². The molecule has 1 atom stereocenters. The molecule has 2 heterocycles. The third-order valence-electron chi connectivity index (χ3n) is 5.87. The maximum absolute atomic E-state index is 13.5. The van der Waals surface area contributed by atoms with Gasteiger partial charge in [0.05, 0.1) is 21.7 Å². The molecule has 2 aromatic carbocycles. The fourth-order valence-electron chi connectivity index (χ4n) is 4.18. The van der Waals surface area contributed by atoms with Gasteiger partial charge in [-0.3, -0.25) is 0 Å². The number of nitrogens with zero attached hydrogens (tertiary/aromatic N) is 4. The molecule has 4 aromatic rings. The Morgan fingerprint density at radius 2 is 1.78 bits per heavy atom. The Balaban J connectivity index is 1.71. The molecule has 2 N–H and O–H groups in total. The number of benzene rings is 2. The second kappa shape index (κ2) is 7.42. The SMILES string of the molecule is Cc1ccc(S(=O)(=O)n2nc(N)c3c2CC(c2ccccc2)(c2ccncn2)C=C3)cc1. The van der Waals surface area contributed by atoms with Gasteiger partial charge in [-0.05, 0) is 30.7 Å². The van der Waals surface area contributed by atoms with Crippen molar-refractivity contribution in [2.75, 3.05) is 5.73 Å². The van der Waals surface area contributed by atoms with Crippen molar-refractivity contribution in [1.29, 1.82) is 0 Å². The quantitative estimate of drug-likeness (QED) is 0.519. The summed E-state index contributed by atoms with van der Waals surface area (Å²) in [5.41, 5.74) is 9.32. The van der Waals surface area contributed by atoms with Crippen LogP contribution in [-0.2, 0) is 21.9 Å². The molecule has 0 spiro atoms. The lowest BCUT2D eigenvalue weighted by Crippen LogP contribution is -2.33. The van der Waals surface area contributed by atoms with Crippen LogP contribution in [0.4, 0.5) is 5.82 Å². The van der Waals surface area contributed by atoms with E-state index in [2.05, 4.69) is 15.1 Å². The lowest BCUT2D eigenvalue weighted by atomic mass is 9.71. The molecule has 5 rings (SSSR count). The first-order valence-corrected chi connectivity index (χ1v) is 11.6. The van der Waals surface area contributed by atoms with Crippen LogP contribution in [0.3, 0.4) is 0 Å². The van der Waals surface area contributed by atoms with E-state index in [4.69, 9.17) is 5.73 Å². The summed E-state index contributed by atoms with van der Waals surface area (Å²) in [6.07, 6.45) is 7.38. The van der Waals surface area contributed by atoms with E-state index in [0.717, 1.165) is 20.9 Å². The highest BCUT2D eigenvalue weighted by molar-refractivity contribution is 7.89. The maximum Gasteiger partial charge on any atom is 0.283 e. The monoisotopic (exact) mass is 443 g/mol. The summed E-state index contributed by atoms with van der Waals surface area (Å²) in [6, 6.07) is 18.4. The van der Waals surface area contributed by atoms with Crippen molar-refractivity contribution in [3.63, 3.8) is 0 Å². The molecule has 0 aliphatic heterocycles. The van der Waals surface area contributed by atoms with Crippen molar-refractivity contribution in [3.8, 4) is 0 Å². The van der Waals surface area contributed by atoms with Crippen LogP contribution in [-0.4, -0.2) is 27.6 Å². The zero-order chi connectivity index (χ0) is 22.3. The molecule has 1 unspecified atom stereocenters. The van der Waals surface area contributed by atoms with E-state index in [9.17, 15) is 8.42 Å². The zero-order valence-electron chi connectivity index (χ0n) is 17.4. The number of nitrogens with two attached hydrogens (primary N) is 1. The Labute approximate surface area is 186 Å². The number of fused-ring (bicyclic) bond motifs is 1. The normalized spacial score (nSPS) is 17.8. The van der Waals surface area contributed by atoms with Gasteiger partial charge in [-0.15, -0.1) is 5.10 Å². The first kappa shape index (κ1) is 20.1. The molecule has 1 aliphatic carbocycles. The van der Waals surface area contributed by atoms with Crippen molar-refractivity contribution in [1.82, 2.24) is 19.2 Å². The third kappa shape index (κ3) is 3.11. The van der Waals surface area contributed by atoms with E-state index in [1.54, 1.807) is 30.5 Å². The standard InChI is InChI=1S/C24H21N5O2S/c1-17-7-9-19(10-8-17)32(30,31)29-21-15-24(18-5-3-2-4-6-18,22-12-14-26-16-27-22)13-11-20(21)23(25)28-29/h2-14,16H,15H2,1H3,(H2,25,28). The minimum Gasteiger partial charge on any atom is -0.382 e. The molecular weight excluding hydrogens is 422 g/mol. The molecule has 7 nitrogen and oxygen atoms in total. The smallest absolute Gasteiger partial charge is 0.283 e. The molecule has 0 bridgehead atoms. The Kier molecular flexibility index (Phi) is 4.67. The van der Waals surface area contributed by atoms with Crippen molar-refractivity contribution < 1.29 is 8.42 Å². The molecule has 2 aromatic heterocycles. The van der Waals surface area contributed by atoms with Crippen LogP contribution < -0.4 is 5.73 Å². The fraction of sp³-hybridized carbons (Fsp3) is 0.125. The average Bonchev–Trinajstić information content (AvgIpc) is 3.17. The van der Waals surface area contributed by atoms with Crippen LogP contribution in [0.2, 0.25) is 0 Å². The van der Waals surface area contributed by atoms with Gasteiger partial charge in [0.2, 0.25) is 0 Å². The molecule has 8 heteroatoms. The van der Waals surface area contributed by atoms with Crippen molar-refractivity contribution in [2.24, 2.45) is 0 Å². The topological polar surface area (TPSA) is 104 Å². The first-order valence-electron chi connectivity index (χ1n) is 10.1. The average molecular weight is 444 g/mol. The van der Waals surface area contributed by atoms with E-state index in [0.29, 0.717) is 17.7 Å². The second-order valence-corrected chi connectivity index (χ2v) is 9.62. The first-order chi connectivity index (χ1) is 15.4. The number of nitrogen functional groups attached to an aromatic ring is 1. The van der Waals surface area contributed by atoms with Gasteiger partial charge in [0, 0.05) is 18.2 Å². The zero-order valence-corrected chi connectivity index (χ0v) is 18.2. The highest BCUT2D eigenvalue weighted by Gasteiger charge is 2.40. The number of anilines is 1. The molecule has 0 saturated carbocycles. The summed E-state index contributed by atoms with van der Waals surface area (Å²) in [5, 5.41) is 4.24. The Morgan fingerprint density at radius 1 is 1.03 bits per heavy atom. The summed E-state index contributed by atoms with van der Waals surface area (Å²) in [7, 11) is -3.93. The van der Waals surface area contributed by atoms with Crippen LogP contribution in [0, 0.1) is 6.92 Å². The number of aromatic nitrogens is 4. The lowest BCUT2D eigenvalue weighted by molar-refractivity contribution is 0.560. The summed E-state index contributed by atoms with van der Waals surface area (Å²) in [5.74, 6) is 0.177. The highest BCUT2D eigenvalue weighted by Crippen LogP contribution is 2.42. The van der Waals surface area contributed by atoms with Gasteiger partial charge >= 0.3 is 0 Å². The second-order valence-electron chi connectivity index (χ2n) is 7.85. The minimum absolute atomic E-state index is 0.162. The van der Waals surface area contributed by atoms with Gasteiger partial charge in [-0.25, -0.2) is 9.97 Å². The summed E-state index contributed by atoms with van der Waals surface area (Å²) in [6.45, 7) is 1.91. The van der Waals surface area contributed by atoms with Gasteiger partial charge in [-0.2, -0.15) is 12.5 Å². The van der Waals surface area contributed by atoms with E-state index in [1.807, 2.05) is 55.5 Å². The van der Waals surface area contributed by atoms with E-state index in [1.165, 1.54) is 6.33 Å². The van der Waals surface area contributed by atoms with E-state index in [-0.39, 0.29) is 10.7 Å². The molecule has 160 valence electrons. The Hall–Kier alpha value is -3.78. The van der Waals surface area contributed by atoms with Crippen LogP contribution in [0.25, 0.3) is 6.08 Å². The predicted molar refractivity (Wildman–Crippen MR) is 122 cm³/mol. The molecule has 1 aliphatic rings. The van der Waals surface area contributed by atoms with Gasteiger partial charge in [0.1, 0.15) is 6.33 Å². The number of hydrogen-bond donors (Lipinski definition) is 1. The van der Waals surface area contributed by atoms with Gasteiger partial charge in [-0.1, -0.05) is 60.2 Å². The lowest BCUT2D eigenvalue weighted by Gasteiger charge is -2.33. The minimum atomic E-state index is -3.93. The number of aryl methyl sites for hydroxylation is 1. The summed E-state index contributed by atoms with van der Waals surface area (Å²) in [4.78, 5) is 8.73. The molecular formula is C24H21N5O2S. The van der Waals surface area contributed by atoms with Crippen LogP contribution in [0.5, 0.6) is 0 Å². The number of hydrogen-bond acceptors (Lipinski definition) is 6. The number of allylic oxidation sites excluding steroid dienone is 1. The molecule has 0 saturated heterocycles. The molecule has 0 fully saturated rings. The third-order valence-corrected chi connectivity index (χ3v) is 7.50. The van der Waals surface area contributed by atoms with E-state index < -0.39 is 15.4 Å². The fourth-order valence-corrected chi connectivity index (χ4v) is 5.51. The van der Waals surface area contributed by atoms with Crippen LogP contribution in [0.15, 0.2) is 84.2 Å². The highest BCUT2D eigenvalue weighted by atomic mass is 32.2. The van der Waals surface area contributed by atoms with Gasteiger partial charge in [0.15, 0.2) is 5.82 Å². The van der Waals surface area contributed by atoms with Crippen molar-refractivity contribution in [3.05, 3.63) is 107 Å². The van der Waals surface area contributed by atoms with Gasteiger partial charge < -0.3 is 5.73 Å². The van der Waals surface area contributed by atoms with Crippen molar-refractivity contribution in [2.45, 2.75) is 23.7 Å². The van der Waals surface area contributed by atoms with Crippen molar-refractivity contribution >= 4 is 21.9 Å². The summed E-state index contributed by atoms with van der Waals surface area (Å²) >= 11 is 0.